The first-order valence-electron chi connectivity index (χ1n) is 8.48. The van der Waals surface area contributed by atoms with Crippen LogP contribution in [-0.4, -0.2) is 19.1 Å². The van der Waals surface area contributed by atoms with Crippen molar-refractivity contribution < 1.29 is 14.3 Å². The third kappa shape index (κ3) is 5.24. The number of nitrogens with one attached hydrogen (secondary N) is 1. The van der Waals surface area contributed by atoms with Gasteiger partial charge in [-0.15, -0.1) is 0 Å². The maximum atomic E-state index is 12.3. The Bertz CT molecular complexity index is 702. The minimum atomic E-state index is -0.574. The minimum absolute atomic E-state index is 0.0935. The molecule has 2 rings (SSSR count). The van der Waals surface area contributed by atoms with Crippen LogP contribution in [0.25, 0.3) is 0 Å². The predicted octanol–water partition coefficient (Wildman–Crippen LogP) is 4.08. The lowest BCUT2D eigenvalue weighted by Crippen LogP contribution is -2.36. The molecule has 0 aliphatic rings. The molecule has 0 heterocycles. The van der Waals surface area contributed by atoms with Crippen LogP contribution in [0.5, 0.6) is 11.5 Å². The molecule has 0 aliphatic heterocycles. The van der Waals surface area contributed by atoms with Crippen molar-refractivity contribution >= 4 is 5.91 Å². The Morgan fingerprint density at radius 3 is 2.32 bits per heavy atom. The number of hydrogen-bond donors (Lipinski definition) is 1. The molecule has 1 atom stereocenters. The van der Waals surface area contributed by atoms with E-state index >= 15 is 0 Å². The van der Waals surface area contributed by atoms with Gasteiger partial charge in [0, 0.05) is 12.1 Å². The number of carbonyl (C=O) groups is 1. The number of benzene rings is 2. The van der Waals surface area contributed by atoms with Crippen LogP contribution in [0.15, 0.2) is 48.5 Å². The Balaban J connectivity index is 1.92. The summed E-state index contributed by atoms with van der Waals surface area (Å²) in [6, 6.07) is 15.5. The first kappa shape index (κ1) is 18.8. The molecule has 25 heavy (non-hydrogen) atoms. The van der Waals surface area contributed by atoms with Crippen LogP contribution in [-0.2, 0) is 16.8 Å². The zero-order chi connectivity index (χ0) is 18.4. The van der Waals surface area contributed by atoms with Gasteiger partial charge in [0.05, 0.1) is 7.11 Å². The third-order valence-electron chi connectivity index (χ3n) is 4.05. The number of ether oxygens (including phenoxy) is 2. The summed E-state index contributed by atoms with van der Waals surface area (Å²) in [6.07, 6.45) is -0.574. The van der Waals surface area contributed by atoms with Crippen molar-refractivity contribution in [3.8, 4) is 11.5 Å². The van der Waals surface area contributed by atoms with E-state index in [9.17, 15) is 4.79 Å². The standard InChI is InChI=1S/C21H27NO3/c1-15(25-18-12-10-17(11-13-18)21(2,3)4)20(23)22-14-16-8-6-7-9-19(16)24-5/h6-13,15H,14H2,1-5H3,(H,22,23). The van der Waals surface area contributed by atoms with Crippen molar-refractivity contribution in [3.63, 3.8) is 0 Å². The Morgan fingerprint density at radius 2 is 1.72 bits per heavy atom. The van der Waals surface area contributed by atoms with E-state index in [0.29, 0.717) is 12.3 Å². The van der Waals surface area contributed by atoms with Crippen LogP contribution in [0.2, 0.25) is 0 Å². The largest absolute Gasteiger partial charge is 0.496 e. The Morgan fingerprint density at radius 1 is 1.08 bits per heavy atom. The lowest BCUT2D eigenvalue weighted by Gasteiger charge is -2.20. The highest BCUT2D eigenvalue weighted by atomic mass is 16.5. The van der Waals surface area contributed by atoms with Crippen molar-refractivity contribution in [1.29, 1.82) is 0 Å². The van der Waals surface area contributed by atoms with E-state index in [1.54, 1.807) is 14.0 Å². The van der Waals surface area contributed by atoms with Gasteiger partial charge in [-0.1, -0.05) is 51.1 Å². The van der Waals surface area contributed by atoms with Crippen LogP contribution >= 0.6 is 0 Å². The summed E-state index contributed by atoms with van der Waals surface area (Å²) in [6.45, 7) is 8.64. The third-order valence-corrected chi connectivity index (χ3v) is 4.05. The Kier molecular flexibility index (Phi) is 6.07. The molecule has 0 aromatic heterocycles. The Labute approximate surface area is 150 Å². The molecule has 0 radical (unpaired) electrons. The van der Waals surface area contributed by atoms with Gasteiger partial charge in [0.2, 0.25) is 0 Å². The van der Waals surface area contributed by atoms with E-state index in [1.807, 2.05) is 48.5 Å². The van der Waals surface area contributed by atoms with E-state index in [0.717, 1.165) is 11.3 Å². The molecule has 2 aromatic rings. The highest BCUT2D eigenvalue weighted by molar-refractivity contribution is 5.80. The van der Waals surface area contributed by atoms with E-state index in [4.69, 9.17) is 9.47 Å². The molecule has 0 saturated heterocycles. The average molecular weight is 341 g/mol. The maximum absolute atomic E-state index is 12.3. The van der Waals surface area contributed by atoms with Gasteiger partial charge < -0.3 is 14.8 Å². The molecule has 4 nitrogen and oxygen atoms in total. The van der Waals surface area contributed by atoms with Gasteiger partial charge in [-0.05, 0) is 36.1 Å². The molecule has 0 fully saturated rings. The molecular formula is C21H27NO3. The van der Waals surface area contributed by atoms with Gasteiger partial charge in [0.25, 0.3) is 5.91 Å². The van der Waals surface area contributed by atoms with Gasteiger partial charge in [-0.2, -0.15) is 0 Å². The van der Waals surface area contributed by atoms with Crippen LogP contribution in [0.4, 0.5) is 0 Å². The van der Waals surface area contributed by atoms with Crippen molar-refractivity contribution in [2.45, 2.75) is 45.8 Å². The summed E-state index contributed by atoms with van der Waals surface area (Å²) in [5, 5.41) is 2.89. The predicted molar refractivity (Wildman–Crippen MR) is 100 cm³/mol. The summed E-state index contributed by atoms with van der Waals surface area (Å²) in [7, 11) is 1.62. The van der Waals surface area contributed by atoms with E-state index < -0.39 is 6.10 Å². The van der Waals surface area contributed by atoms with Crippen LogP contribution in [0.1, 0.15) is 38.8 Å². The Hall–Kier alpha value is -2.49. The fourth-order valence-corrected chi connectivity index (χ4v) is 2.47. The number of hydrogen-bond acceptors (Lipinski definition) is 3. The zero-order valence-corrected chi connectivity index (χ0v) is 15.6. The maximum Gasteiger partial charge on any atom is 0.261 e. The minimum Gasteiger partial charge on any atom is -0.496 e. The smallest absolute Gasteiger partial charge is 0.261 e. The summed E-state index contributed by atoms with van der Waals surface area (Å²) in [5.74, 6) is 1.29. The second kappa shape index (κ2) is 8.06. The second-order valence-electron chi connectivity index (χ2n) is 7.06. The molecule has 2 aromatic carbocycles. The van der Waals surface area contributed by atoms with Crippen molar-refractivity contribution in [2.24, 2.45) is 0 Å². The fraction of sp³-hybridized carbons (Fsp3) is 0.381. The molecule has 0 spiro atoms. The molecule has 1 N–H and O–H groups in total. The molecule has 0 saturated carbocycles. The van der Waals surface area contributed by atoms with Crippen molar-refractivity contribution in [2.75, 3.05) is 7.11 Å². The van der Waals surface area contributed by atoms with Gasteiger partial charge in [-0.25, -0.2) is 0 Å². The first-order valence-corrected chi connectivity index (χ1v) is 8.48. The number of para-hydroxylation sites is 1. The second-order valence-corrected chi connectivity index (χ2v) is 7.06. The van der Waals surface area contributed by atoms with E-state index in [1.165, 1.54) is 5.56 Å². The SMILES string of the molecule is COc1ccccc1CNC(=O)C(C)Oc1ccc(C(C)(C)C)cc1. The summed E-state index contributed by atoms with van der Waals surface area (Å²) >= 11 is 0. The number of rotatable bonds is 6. The van der Waals surface area contributed by atoms with Gasteiger partial charge in [0.15, 0.2) is 6.10 Å². The number of amides is 1. The van der Waals surface area contributed by atoms with Crippen molar-refractivity contribution in [3.05, 3.63) is 59.7 Å². The summed E-state index contributed by atoms with van der Waals surface area (Å²) in [5.41, 5.74) is 2.25. The van der Waals surface area contributed by atoms with Gasteiger partial charge in [0.1, 0.15) is 11.5 Å². The van der Waals surface area contributed by atoms with Crippen molar-refractivity contribution in [1.82, 2.24) is 5.32 Å². The van der Waals surface area contributed by atoms with Gasteiger partial charge in [-0.3, -0.25) is 4.79 Å². The lowest BCUT2D eigenvalue weighted by molar-refractivity contribution is -0.127. The topological polar surface area (TPSA) is 47.6 Å². The molecule has 1 amide bonds. The van der Waals surface area contributed by atoms with Crippen LogP contribution in [0, 0.1) is 0 Å². The summed E-state index contributed by atoms with van der Waals surface area (Å²) < 4.78 is 11.0. The normalized spacial score (nSPS) is 12.4. The zero-order valence-electron chi connectivity index (χ0n) is 15.6. The number of methoxy groups -OCH3 is 1. The number of carbonyl (C=O) groups excluding carboxylic acids is 1. The van der Waals surface area contributed by atoms with Crippen LogP contribution < -0.4 is 14.8 Å². The molecule has 4 heteroatoms. The van der Waals surface area contributed by atoms with Gasteiger partial charge >= 0.3 is 0 Å². The highest BCUT2D eigenvalue weighted by Gasteiger charge is 2.17. The molecule has 1 unspecified atom stereocenters. The monoisotopic (exact) mass is 341 g/mol. The highest BCUT2D eigenvalue weighted by Crippen LogP contribution is 2.24. The summed E-state index contributed by atoms with van der Waals surface area (Å²) in [4.78, 5) is 12.3. The molecular weight excluding hydrogens is 314 g/mol. The van der Waals surface area contributed by atoms with E-state index in [2.05, 4.69) is 26.1 Å². The lowest BCUT2D eigenvalue weighted by atomic mass is 9.87. The molecule has 134 valence electrons. The van der Waals surface area contributed by atoms with E-state index in [-0.39, 0.29) is 11.3 Å². The molecule has 0 bridgehead atoms. The average Bonchev–Trinajstić information content (AvgIpc) is 2.59. The fourth-order valence-electron chi connectivity index (χ4n) is 2.47. The van der Waals surface area contributed by atoms with Crippen LogP contribution in [0.3, 0.4) is 0 Å². The quantitative estimate of drug-likeness (QED) is 0.861. The first-order chi connectivity index (χ1) is 11.8. The molecule has 0 aliphatic carbocycles.